The predicted octanol–water partition coefficient (Wildman–Crippen LogP) is 0.881. The minimum absolute atomic E-state index is 0.328. The molecule has 0 aromatic heterocycles. The summed E-state index contributed by atoms with van der Waals surface area (Å²) in [6.45, 7) is 4.17. The van der Waals surface area contributed by atoms with Crippen LogP contribution in [-0.2, 0) is 4.79 Å². The highest BCUT2D eigenvalue weighted by molar-refractivity contribution is 7.99. The van der Waals surface area contributed by atoms with Crippen molar-refractivity contribution in [3.05, 3.63) is 0 Å². The molecule has 1 amide bonds. The van der Waals surface area contributed by atoms with Gasteiger partial charge in [0.1, 0.15) is 0 Å². The second kappa shape index (κ2) is 5.56. The Balaban J connectivity index is 3.12. The van der Waals surface area contributed by atoms with Crippen LogP contribution in [0.15, 0.2) is 0 Å². The van der Waals surface area contributed by atoms with Gasteiger partial charge in [-0.3, -0.25) is 10.0 Å². The Hall–Kier alpha value is -0.220. The molecule has 0 aromatic rings. The molecule has 0 rings (SSSR count). The standard InChI is InChI=1S/C6H13NO2S/c1-5(2)3-10-4-6(8)7-9/h5,9H,3-4H2,1-2H3,(H,7,8). The molecule has 0 aliphatic carbocycles. The summed E-state index contributed by atoms with van der Waals surface area (Å²) in [6.07, 6.45) is 0. The van der Waals surface area contributed by atoms with Crippen molar-refractivity contribution in [2.45, 2.75) is 13.8 Å². The molecule has 0 unspecified atom stereocenters. The van der Waals surface area contributed by atoms with Gasteiger partial charge in [0, 0.05) is 0 Å². The second-order valence-corrected chi connectivity index (χ2v) is 3.47. The molecule has 0 aliphatic heterocycles. The maximum Gasteiger partial charge on any atom is 0.253 e. The zero-order valence-electron chi connectivity index (χ0n) is 6.26. The van der Waals surface area contributed by atoms with E-state index in [1.165, 1.54) is 11.8 Å². The molecule has 10 heavy (non-hydrogen) atoms. The Morgan fingerprint density at radius 2 is 2.30 bits per heavy atom. The van der Waals surface area contributed by atoms with Crippen LogP contribution < -0.4 is 5.48 Å². The number of amides is 1. The number of thioether (sulfide) groups is 1. The Morgan fingerprint density at radius 1 is 1.70 bits per heavy atom. The van der Waals surface area contributed by atoms with E-state index in [0.29, 0.717) is 11.7 Å². The van der Waals surface area contributed by atoms with Gasteiger partial charge in [-0.1, -0.05) is 13.8 Å². The molecular formula is C6H13NO2S. The number of hydrogen-bond acceptors (Lipinski definition) is 3. The van der Waals surface area contributed by atoms with Crippen molar-refractivity contribution in [2.24, 2.45) is 5.92 Å². The van der Waals surface area contributed by atoms with E-state index in [2.05, 4.69) is 13.8 Å². The first-order valence-electron chi connectivity index (χ1n) is 3.17. The van der Waals surface area contributed by atoms with E-state index in [1.807, 2.05) is 0 Å². The number of hydrogen-bond donors (Lipinski definition) is 2. The quantitative estimate of drug-likeness (QED) is 0.478. The summed E-state index contributed by atoms with van der Waals surface area (Å²) in [5.41, 5.74) is 1.58. The van der Waals surface area contributed by atoms with Gasteiger partial charge in [-0.05, 0) is 11.7 Å². The van der Waals surface area contributed by atoms with Gasteiger partial charge in [-0.15, -0.1) is 0 Å². The lowest BCUT2D eigenvalue weighted by atomic mass is 10.3. The van der Waals surface area contributed by atoms with Gasteiger partial charge in [0.25, 0.3) is 5.91 Å². The lowest BCUT2D eigenvalue weighted by Crippen LogP contribution is -2.21. The molecule has 0 spiro atoms. The summed E-state index contributed by atoms with van der Waals surface area (Å²) in [6, 6.07) is 0. The van der Waals surface area contributed by atoms with E-state index in [4.69, 9.17) is 5.21 Å². The Labute approximate surface area is 65.1 Å². The van der Waals surface area contributed by atoms with Gasteiger partial charge in [0.2, 0.25) is 0 Å². The number of carbonyl (C=O) groups excluding carboxylic acids is 1. The van der Waals surface area contributed by atoms with Crippen LogP contribution in [0.4, 0.5) is 0 Å². The van der Waals surface area contributed by atoms with Crippen LogP contribution in [0.2, 0.25) is 0 Å². The highest BCUT2D eigenvalue weighted by Gasteiger charge is 1.99. The molecule has 0 atom stereocenters. The zero-order chi connectivity index (χ0) is 7.98. The van der Waals surface area contributed by atoms with E-state index in [-0.39, 0.29) is 5.91 Å². The summed E-state index contributed by atoms with van der Waals surface area (Å²) in [7, 11) is 0. The summed E-state index contributed by atoms with van der Waals surface area (Å²) in [5.74, 6) is 1.56. The first kappa shape index (κ1) is 9.78. The molecule has 0 aromatic carbocycles. The molecule has 0 fully saturated rings. The average Bonchev–Trinajstić information content (AvgIpc) is 1.87. The molecule has 0 saturated carbocycles. The van der Waals surface area contributed by atoms with Gasteiger partial charge in [-0.25, -0.2) is 5.48 Å². The van der Waals surface area contributed by atoms with E-state index >= 15 is 0 Å². The topological polar surface area (TPSA) is 49.3 Å². The number of hydroxylamine groups is 1. The molecule has 0 saturated heterocycles. The fourth-order valence-electron chi connectivity index (χ4n) is 0.420. The molecule has 4 heteroatoms. The van der Waals surface area contributed by atoms with Gasteiger partial charge in [0.05, 0.1) is 5.75 Å². The molecule has 3 nitrogen and oxygen atoms in total. The van der Waals surface area contributed by atoms with Gasteiger partial charge in [0.15, 0.2) is 0 Å². The first-order chi connectivity index (χ1) is 4.66. The summed E-state index contributed by atoms with van der Waals surface area (Å²) in [5, 5.41) is 8.09. The average molecular weight is 163 g/mol. The van der Waals surface area contributed by atoms with E-state index < -0.39 is 0 Å². The van der Waals surface area contributed by atoms with Crippen molar-refractivity contribution < 1.29 is 10.0 Å². The van der Waals surface area contributed by atoms with Crippen LogP contribution in [0.5, 0.6) is 0 Å². The summed E-state index contributed by atoms with van der Waals surface area (Å²) in [4.78, 5) is 10.4. The SMILES string of the molecule is CC(C)CSCC(=O)NO. The molecule has 0 radical (unpaired) electrons. The van der Waals surface area contributed by atoms with Gasteiger partial charge >= 0.3 is 0 Å². The normalized spacial score (nSPS) is 10.0. The highest BCUT2D eigenvalue weighted by atomic mass is 32.2. The molecule has 60 valence electrons. The predicted molar refractivity (Wildman–Crippen MR) is 42.1 cm³/mol. The van der Waals surface area contributed by atoms with Crippen molar-refractivity contribution in [1.82, 2.24) is 5.48 Å². The third kappa shape index (κ3) is 5.91. The van der Waals surface area contributed by atoms with Crippen LogP contribution in [-0.4, -0.2) is 22.6 Å². The largest absolute Gasteiger partial charge is 0.289 e. The molecule has 2 N–H and O–H groups in total. The lowest BCUT2D eigenvalue weighted by Gasteiger charge is -2.01. The summed E-state index contributed by atoms with van der Waals surface area (Å²) >= 11 is 1.52. The first-order valence-corrected chi connectivity index (χ1v) is 4.33. The summed E-state index contributed by atoms with van der Waals surface area (Å²) < 4.78 is 0. The second-order valence-electron chi connectivity index (χ2n) is 2.44. The van der Waals surface area contributed by atoms with E-state index in [1.54, 1.807) is 5.48 Å². The fraction of sp³-hybridized carbons (Fsp3) is 0.833. The van der Waals surface area contributed by atoms with Crippen LogP contribution in [0.3, 0.4) is 0 Å². The number of nitrogens with one attached hydrogen (secondary N) is 1. The maximum atomic E-state index is 10.4. The Kier molecular flexibility index (Phi) is 5.43. The van der Waals surface area contributed by atoms with Crippen molar-refractivity contribution >= 4 is 17.7 Å². The van der Waals surface area contributed by atoms with Crippen LogP contribution in [0.25, 0.3) is 0 Å². The van der Waals surface area contributed by atoms with Crippen LogP contribution >= 0.6 is 11.8 Å². The van der Waals surface area contributed by atoms with Crippen LogP contribution in [0.1, 0.15) is 13.8 Å². The minimum Gasteiger partial charge on any atom is -0.289 e. The van der Waals surface area contributed by atoms with Gasteiger partial charge in [-0.2, -0.15) is 11.8 Å². The molecule has 0 aliphatic rings. The molecular weight excluding hydrogens is 150 g/mol. The van der Waals surface area contributed by atoms with E-state index in [9.17, 15) is 4.79 Å². The van der Waals surface area contributed by atoms with Crippen molar-refractivity contribution in [3.63, 3.8) is 0 Å². The van der Waals surface area contributed by atoms with E-state index in [0.717, 1.165) is 5.75 Å². The Bertz CT molecular complexity index is 106. The molecule has 0 bridgehead atoms. The third-order valence-corrected chi connectivity index (χ3v) is 2.18. The number of rotatable bonds is 4. The Morgan fingerprint density at radius 3 is 2.70 bits per heavy atom. The number of carbonyl (C=O) groups is 1. The zero-order valence-corrected chi connectivity index (χ0v) is 7.07. The monoisotopic (exact) mass is 163 g/mol. The van der Waals surface area contributed by atoms with Crippen molar-refractivity contribution in [3.8, 4) is 0 Å². The molecule has 0 heterocycles. The lowest BCUT2D eigenvalue weighted by molar-refractivity contribution is -0.126. The fourth-order valence-corrected chi connectivity index (χ4v) is 1.26. The highest BCUT2D eigenvalue weighted by Crippen LogP contribution is 2.05. The minimum atomic E-state index is -0.328. The van der Waals surface area contributed by atoms with Crippen LogP contribution in [0, 0.1) is 5.92 Å². The van der Waals surface area contributed by atoms with Gasteiger partial charge < -0.3 is 0 Å². The third-order valence-electron chi connectivity index (χ3n) is 0.809. The maximum absolute atomic E-state index is 10.4. The van der Waals surface area contributed by atoms with Crippen molar-refractivity contribution in [2.75, 3.05) is 11.5 Å². The van der Waals surface area contributed by atoms with Crippen molar-refractivity contribution in [1.29, 1.82) is 0 Å². The smallest absolute Gasteiger partial charge is 0.253 e.